The Bertz CT molecular complexity index is 1010. The van der Waals surface area contributed by atoms with E-state index in [1.165, 1.54) is 18.2 Å². The maximum Gasteiger partial charge on any atom is 0.328 e. The van der Waals surface area contributed by atoms with Crippen molar-refractivity contribution >= 4 is 22.9 Å². The van der Waals surface area contributed by atoms with Gasteiger partial charge in [-0.3, -0.25) is 4.79 Å². The number of aryl methyl sites for hydroxylation is 2. The third-order valence-electron chi connectivity index (χ3n) is 5.49. The molecule has 1 aliphatic heterocycles. The fraction of sp³-hybridized carbons (Fsp3) is 0.318. The molecule has 2 heterocycles. The van der Waals surface area contributed by atoms with E-state index in [1.807, 2.05) is 12.1 Å². The maximum absolute atomic E-state index is 12.8. The van der Waals surface area contributed by atoms with E-state index in [0.29, 0.717) is 18.5 Å². The van der Waals surface area contributed by atoms with Crippen molar-refractivity contribution in [1.82, 2.24) is 14.9 Å². The molecule has 1 fully saturated rings. The summed E-state index contributed by atoms with van der Waals surface area (Å²) >= 11 is 0. The molecule has 1 atom stereocenters. The summed E-state index contributed by atoms with van der Waals surface area (Å²) in [7, 11) is 1.36. The van der Waals surface area contributed by atoms with Crippen LogP contribution in [0.2, 0.25) is 0 Å². The van der Waals surface area contributed by atoms with Gasteiger partial charge in [0.15, 0.2) is 0 Å². The number of H-pyrrole nitrogens is 1. The van der Waals surface area contributed by atoms with Gasteiger partial charge in [-0.05, 0) is 62.1 Å². The highest BCUT2D eigenvalue weighted by atomic mass is 16.5. The van der Waals surface area contributed by atoms with Crippen LogP contribution in [0.4, 0.5) is 0 Å². The number of fused-ring (bicyclic) bond motifs is 1. The number of nitrogens with zero attached hydrogens (tertiary/aromatic N) is 2. The summed E-state index contributed by atoms with van der Waals surface area (Å²) in [5.41, 5.74) is 5.82. The van der Waals surface area contributed by atoms with E-state index in [2.05, 4.69) is 35.9 Å². The molecule has 0 aliphatic carbocycles. The number of esters is 1. The van der Waals surface area contributed by atoms with Crippen LogP contribution in [0.1, 0.15) is 34.3 Å². The number of benzene rings is 2. The number of carbonyl (C=O) groups excluding carboxylic acids is 2. The van der Waals surface area contributed by atoms with Gasteiger partial charge < -0.3 is 14.6 Å². The first kappa shape index (κ1) is 18.2. The van der Waals surface area contributed by atoms with E-state index < -0.39 is 6.04 Å². The molecular formula is C22H23N3O3. The highest BCUT2D eigenvalue weighted by molar-refractivity contribution is 5.97. The lowest BCUT2D eigenvalue weighted by Gasteiger charge is -2.22. The monoisotopic (exact) mass is 377 g/mol. The molecule has 1 amide bonds. The molecule has 28 heavy (non-hydrogen) atoms. The van der Waals surface area contributed by atoms with Crippen LogP contribution < -0.4 is 0 Å². The number of carbonyl (C=O) groups is 2. The average Bonchev–Trinajstić information content (AvgIpc) is 3.34. The molecule has 0 unspecified atom stereocenters. The summed E-state index contributed by atoms with van der Waals surface area (Å²) in [6.45, 7) is 4.72. The molecule has 6 heteroatoms. The summed E-state index contributed by atoms with van der Waals surface area (Å²) in [6, 6.07) is 11.0. The van der Waals surface area contributed by atoms with Gasteiger partial charge in [-0.25, -0.2) is 9.78 Å². The second-order valence-corrected chi connectivity index (χ2v) is 7.30. The Morgan fingerprint density at radius 3 is 2.57 bits per heavy atom. The van der Waals surface area contributed by atoms with E-state index in [1.54, 1.807) is 17.0 Å². The topological polar surface area (TPSA) is 75.3 Å². The van der Waals surface area contributed by atoms with E-state index in [4.69, 9.17) is 4.74 Å². The van der Waals surface area contributed by atoms with Crippen molar-refractivity contribution in [2.75, 3.05) is 13.7 Å². The zero-order valence-corrected chi connectivity index (χ0v) is 16.3. The van der Waals surface area contributed by atoms with Gasteiger partial charge in [0.05, 0.1) is 18.1 Å². The summed E-state index contributed by atoms with van der Waals surface area (Å²) in [5, 5.41) is 0. The second-order valence-electron chi connectivity index (χ2n) is 7.30. The Hall–Kier alpha value is -3.15. The Balaban J connectivity index is 1.59. The first-order valence-corrected chi connectivity index (χ1v) is 9.44. The van der Waals surface area contributed by atoms with Crippen molar-refractivity contribution < 1.29 is 14.3 Å². The predicted octanol–water partition coefficient (Wildman–Crippen LogP) is 3.62. The first-order chi connectivity index (χ1) is 13.5. The lowest BCUT2D eigenvalue weighted by atomic mass is 10.1. The van der Waals surface area contributed by atoms with Crippen molar-refractivity contribution in [2.45, 2.75) is 32.7 Å². The summed E-state index contributed by atoms with van der Waals surface area (Å²) in [5.74, 6) is 0.276. The smallest absolute Gasteiger partial charge is 0.328 e. The number of hydrogen-bond donors (Lipinski definition) is 1. The van der Waals surface area contributed by atoms with E-state index in [-0.39, 0.29) is 11.9 Å². The standard InChI is InChI=1S/C22H23N3O3/c1-13-11-17-18(12-14(13)2)24-20(23-17)15-6-8-16(9-7-15)21(26)25-10-4-5-19(25)22(27)28-3/h6-9,11-12,19H,4-5,10H2,1-3H3,(H,23,24)/t19-/m0/s1. The number of rotatable bonds is 3. The van der Waals surface area contributed by atoms with E-state index in [0.717, 1.165) is 28.8 Å². The highest BCUT2D eigenvalue weighted by Gasteiger charge is 2.35. The zero-order valence-electron chi connectivity index (χ0n) is 16.3. The van der Waals surface area contributed by atoms with Gasteiger partial charge in [-0.2, -0.15) is 0 Å². The van der Waals surface area contributed by atoms with Crippen molar-refractivity contribution in [1.29, 1.82) is 0 Å². The number of hydrogen-bond acceptors (Lipinski definition) is 4. The van der Waals surface area contributed by atoms with Crippen LogP contribution in [-0.4, -0.2) is 46.4 Å². The minimum Gasteiger partial charge on any atom is -0.467 e. The second kappa shape index (κ2) is 7.11. The molecule has 1 saturated heterocycles. The maximum atomic E-state index is 12.8. The first-order valence-electron chi connectivity index (χ1n) is 9.44. The molecule has 4 rings (SSSR count). The molecule has 0 radical (unpaired) electrons. The minimum absolute atomic E-state index is 0.143. The lowest BCUT2D eigenvalue weighted by molar-refractivity contribution is -0.145. The van der Waals surface area contributed by atoms with Crippen LogP contribution in [0.5, 0.6) is 0 Å². The number of amides is 1. The molecule has 1 N–H and O–H groups in total. The van der Waals surface area contributed by atoms with Crippen molar-refractivity contribution in [3.63, 3.8) is 0 Å². The van der Waals surface area contributed by atoms with Crippen molar-refractivity contribution in [3.05, 3.63) is 53.1 Å². The molecular weight excluding hydrogens is 354 g/mol. The normalized spacial score (nSPS) is 16.5. The summed E-state index contributed by atoms with van der Waals surface area (Å²) < 4.78 is 4.83. The Kier molecular flexibility index (Phi) is 4.63. The van der Waals surface area contributed by atoms with Gasteiger partial charge in [-0.15, -0.1) is 0 Å². The van der Waals surface area contributed by atoms with Crippen molar-refractivity contribution in [3.8, 4) is 11.4 Å². The van der Waals surface area contributed by atoms with Gasteiger partial charge in [0.25, 0.3) is 5.91 Å². The Labute approximate surface area is 163 Å². The average molecular weight is 377 g/mol. The molecule has 1 aromatic heterocycles. The molecule has 0 saturated carbocycles. The van der Waals surface area contributed by atoms with Gasteiger partial charge >= 0.3 is 5.97 Å². The molecule has 3 aromatic rings. The highest BCUT2D eigenvalue weighted by Crippen LogP contribution is 2.25. The van der Waals surface area contributed by atoms with Gasteiger partial charge in [0, 0.05) is 17.7 Å². The van der Waals surface area contributed by atoms with Crippen LogP contribution in [0.25, 0.3) is 22.4 Å². The Morgan fingerprint density at radius 2 is 1.86 bits per heavy atom. The zero-order chi connectivity index (χ0) is 19.8. The molecule has 2 aromatic carbocycles. The molecule has 0 bridgehead atoms. The number of aromatic amines is 1. The lowest BCUT2D eigenvalue weighted by Crippen LogP contribution is -2.41. The van der Waals surface area contributed by atoms with Crippen LogP contribution in [-0.2, 0) is 9.53 Å². The molecule has 1 aliphatic rings. The molecule has 6 nitrogen and oxygen atoms in total. The number of methoxy groups -OCH3 is 1. The van der Waals surface area contributed by atoms with Gasteiger partial charge in [0.1, 0.15) is 11.9 Å². The van der Waals surface area contributed by atoms with Crippen molar-refractivity contribution in [2.24, 2.45) is 0 Å². The predicted molar refractivity (Wildman–Crippen MR) is 107 cm³/mol. The molecule has 0 spiro atoms. The van der Waals surface area contributed by atoms with E-state index in [9.17, 15) is 9.59 Å². The molecule has 144 valence electrons. The van der Waals surface area contributed by atoms with Crippen LogP contribution in [0.15, 0.2) is 36.4 Å². The number of ether oxygens (including phenoxy) is 1. The quantitative estimate of drug-likeness (QED) is 0.708. The number of nitrogens with one attached hydrogen (secondary N) is 1. The summed E-state index contributed by atoms with van der Waals surface area (Å²) in [6.07, 6.45) is 1.45. The van der Waals surface area contributed by atoms with Crippen LogP contribution >= 0.6 is 0 Å². The Morgan fingerprint density at radius 1 is 1.14 bits per heavy atom. The van der Waals surface area contributed by atoms with Gasteiger partial charge in [0.2, 0.25) is 0 Å². The van der Waals surface area contributed by atoms with E-state index >= 15 is 0 Å². The fourth-order valence-corrected chi connectivity index (χ4v) is 3.73. The number of aromatic nitrogens is 2. The number of likely N-dealkylation sites (tertiary alicyclic amines) is 1. The largest absolute Gasteiger partial charge is 0.467 e. The van der Waals surface area contributed by atoms with Crippen LogP contribution in [0, 0.1) is 13.8 Å². The van der Waals surface area contributed by atoms with Gasteiger partial charge in [-0.1, -0.05) is 12.1 Å². The third kappa shape index (κ3) is 3.15. The minimum atomic E-state index is -0.487. The number of imidazole rings is 1. The fourth-order valence-electron chi connectivity index (χ4n) is 3.73. The SMILES string of the molecule is COC(=O)[C@@H]1CCCN1C(=O)c1ccc(-c2nc3cc(C)c(C)cc3[nH]2)cc1. The summed E-state index contributed by atoms with van der Waals surface area (Å²) in [4.78, 5) is 34.4. The van der Waals surface area contributed by atoms with Crippen LogP contribution in [0.3, 0.4) is 0 Å². The third-order valence-corrected chi connectivity index (χ3v) is 5.49.